The maximum atomic E-state index is 12.5. The van der Waals surface area contributed by atoms with Gasteiger partial charge in [0, 0.05) is 23.1 Å². The summed E-state index contributed by atoms with van der Waals surface area (Å²) in [6, 6.07) is 4.21. The molecular weight excluding hydrogens is 392 g/mol. The number of nitrogens with zero attached hydrogens (tertiary/aromatic N) is 2. The molecule has 0 spiro atoms. The van der Waals surface area contributed by atoms with E-state index in [1.165, 1.54) is 13.5 Å². The van der Waals surface area contributed by atoms with Gasteiger partial charge in [-0.2, -0.15) is 0 Å². The number of anilines is 1. The maximum absolute atomic E-state index is 12.5. The van der Waals surface area contributed by atoms with Crippen molar-refractivity contribution in [3.8, 4) is 17.0 Å². The summed E-state index contributed by atoms with van der Waals surface area (Å²) in [7, 11) is 1.44. The van der Waals surface area contributed by atoms with E-state index in [1.54, 1.807) is 4.90 Å². The van der Waals surface area contributed by atoms with E-state index in [0.29, 0.717) is 5.92 Å². The maximum Gasteiger partial charge on any atom is 0.414 e. The molecule has 2 aliphatic heterocycles. The van der Waals surface area contributed by atoms with E-state index in [1.807, 2.05) is 12.3 Å². The lowest BCUT2D eigenvalue weighted by molar-refractivity contribution is 0.119. The number of aromatic nitrogens is 2. The molecule has 1 aliphatic carbocycles. The smallest absolute Gasteiger partial charge is 0.414 e. The largest absolute Gasteiger partial charge is 0.489 e. The molecule has 1 atom stereocenters. The number of H-pyrrole nitrogens is 1. The van der Waals surface area contributed by atoms with Gasteiger partial charge >= 0.3 is 6.09 Å². The lowest BCUT2D eigenvalue weighted by atomic mass is 9.92. The van der Waals surface area contributed by atoms with E-state index in [9.17, 15) is 4.79 Å². The lowest BCUT2D eigenvalue weighted by Gasteiger charge is -2.36. The number of hydrogen-bond acceptors (Lipinski definition) is 5. The normalized spacial score (nSPS) is 22.0. The SMILES string of the molecule is COC(=O)N1c2ccc(-c3cnc(C4CCNCC4)[nH]3)c(OC3CCC3)c2CCC1C. The first kappa shape index (κ1) is 20.4. The standard InChI is InChI=1S/C24H32N4O3/c1-15-6-7-19-21(28(15)24(29)30-2)9-8-18(22(19)31-17-4-3-5-17)20-14-26-23(27-20)16-10-12-25-13-11-16/h8-9,14-17,25H,3-7,10-13H2,1-2H3,(H,26,27). The number of nitrogens with one attached hydrogen (secondary N) is 2. The number of carbonyl (C=O) groups is 1. The summed E-state index contributed by atoms with van der Waals surface area (Å²) < 4.78 is 11.6. The third kappa shape index (κ3) is 3.80. The molecule has 1 unspecified atom stereocenters. The highest BCUT2D eigenvalue weighted by Crippen LogP contribution is 2.44. The van der Waals surface area contributed by atoms with Crippen LogP contribution in [0.15, 0.2) is 18.3 Å². The van der Waals surface area contributed by atoms with Crippen LogP contribution in [0.2, 0.25) is 0 Å². The number of fused-ring (bicyclic) bond motifs is 1. The highest BCUT2D eigenvalue weighted by atomic mass is 16.5. The summed E-state index contributed by atoms with van der Waals surface area (Å²) in [5.41, 5.74) is 4.04. The Labute approximate surface area is 183 Å². The Morgan fingerprint density at radius 1 is 1.16 bits per heavy atom. The van der Waals surface area contributed by atoms with E-state index in [0.717, 1.165) is 85.7 Å². The van der Waals surface area contributed by atoms with E-state index >= 15 is 0 Å². The van der Waals surface area contributed by atoms with Crippen LogP contribution in [0.4, 0.5) is 10.5 Å². The Kier molecular flexibility index (Phi) is 5.61. The summed E-state index contributed by atoms with van der Waals surface area (Å²) in [5.74, 6) is 2.44. The van der Waals surface area contributed by atoms with Gasteiger partial charge in [0.1, 0.15) is 11.6 Å². The van der Waals surface area contributed by atoms with Crippen LogP contribution in [0.1, 0.15) is 62.8 Å². The number of carbonyl (C=O) groups excluding carboxylic acids is 1. The molecule has 31 heavy (non-hydrogen) atoms. The minimum absolute atomic E-state index is 0.0982. The minimum atomic E-state index is -0.314. The average Bonchev–Trinajstić information content (AvgIpc) is 3.26. The van der Waals surface area contributed by atoms with Gasteiger partial charge in [0.15, 0.2) is 0 Å². The number of ether oxygens (including phenoxy) is 2. The van der Waals surface area contributed by atoms with E-state index in [2.05, 4.69) is 23.3 Å². The number of hydrogen-bond donors (Lipinski definition) is 2. The first-order chi connectivity index (χ1) is 15.2. The minimum Gasteiger partial charge on any atom is -0.489 e. The van der Waals surface area contributed by atoms with E-state index < -0.39 is 0 Å². The first-order valence-electron chi connectivity index (χ1n) is 11.6. The van der Waals surface area contributed by atoms with Crippen molar-refractivity contribution in [1.82, 2.24) is 15.3 Å². The molecule has 2 aromatic rings. The highest BCUT2D eigenvalue weighted by Gasteiger charge is 2.33. The Morgan fingerprint density at radius 2 is 1.97 bits per heavy atom. The Hall–Kier alpha value is -2.54. The number of piperidine rings is 1. The van der Waals surface area contributed by atoms with Crippen LogP contribution in [-0.4, -0.2) is 48.4 Å². The van der Waals surface area contributed by atoms with Crippen LogP contribution in [-0.2, 0) is 11.2 Å². The molecular formula is C24H32N4O3. The summed E-state index contributed by atoms with van der Waals surface area (Å²) in [6.45, 7) is 4.15. The fourth-order valence-corrected chi connectivity index (χ4v) is 4.96. The number of benzene rings is 1. The second kappa shape index (κ2) is 8.54. The van der Waals surface area contributed by atoms with E-state index in [4.69, 9.17) is 14.5 Å². The molecule has 2 fully saturated rings. The van der Waals surface area contributed by atoms with Gasteiger partial charge in [0.05, 0.1) is 30.8 Å². The summed E-state index contributed by atoms with van der Waals surface area (Å²) in [5, 5.41) is 3.42. The number of rotatable bonds is 4. The second-order valence-corrected chi connectivity index (χ2v) is 9.04. The molecule has 3 heterocycles. The van der Waals surface area contributed by atoms with Crippen molar-refractivity contribution in [2.45, 2.75) is 69.9 Å². The average molecular weight is 425 g/mol. The van der Waals surface area contributed by atoms with Crippen molar-refractivity contribution in [1.29, 1.82) is 0 Å². The van der Waals surface area contributed by atoms with Crippen LogP contribution in [0.5, 0.6) is 5.75 Å². The number of methoxy groups -OCH3 is 1. The molecule has 0 bridgehead atoms. The molecule has 7 heteroatoms. The molecule has 166 valence electrons. The molecule has 2 N–H and O–H groups in total. The van der Waals surface area contributed by atoms with Gasteiger partial charge in [0.25, 0.3) is 0 Å². The van der Waals surface area contributed by atoms with Crippen molar-refractivity contribution in [2.75, 3.05) is 25.1 Å². The third-order valence-corrected chi connectivity index (χ3v) is 7.07. The second-order valence-electron chi connectivity index (χ2n) is 9.04. The molecule has 1 aromatic carbocycles. The van der Waals surface area contributed by atoms with Crippen molar-refractivity contribution < 1.29 is 14.3 Å². The molecule has 1 saturated carbocycles. The molecule has 1 amide bonds. The van der Waals surface area contributed by atoms with Crippen molar-refractivity contribution >= 4 is 11.8 Å². The third-order valence-electron chi connectivity index (χ3n) is 7.07. The Balaban J connectivity index is 1.54. The molecule has 3 aliphatic rings. The number of imidazole rings is 1. The fourth-order valence-electron chi connectivity index (χ4n) is 4.96. The van der Waals surface area contributed by atoms with Crippen molar-refractivity contribution in [2.24, 2.45) is 0 Å². The predicted molar refractivity (Wildman–Crippen MR) is 120 cm³/mol. The van der Waals surface area contributed by atoms with Crippen molar-refractivity contribution in [3.63, 3.8) is 0 Å². The van der Waals surface area contributed by atoms with Crippen LogP contribution < -0.4 is 15.0 Å². The topological polar surface area (TPSA) is 79.5 Å². The summed E-state index contributed by atoms with van der Waals surface area (Å²) in [6.07, 6.45) is 9.25. The molecule has 1 saturated heterocycles. The van der Waals surface area contributed by atoms with Gasteiger partial charge in [-0.05, 0) is 77.1 Å². The van der Waals surface area contributed by atoms with Gasteiger partial charge in [-0.1, -0.05) is 0 Å². The van der Waals surface area contributed by atoms with E-state index in [-0.39, 0.29) is 18.2 Å². The summed E-state index contributed by atoms with van der Waals surface area (Å²) in [4.78, 5) is 22.6. The zero-order valence-corrected chi connectivity index (χ0v) is 18.4. The fraction of sp³-hybridized carbons (Fsp3) is 0.583. The van der Waals surface area contributed by atoms with Gasteiger partial charge in [-0.3, -0.25) is 4.90 Å². The highest BCUT2D eigenvalue weighted by molar-refractivity contribution is 5.92. The van der Waals surface area contributed by atoms with Crippen LogP contribution in [0.3, 0.4) is 0 Å². The van der Waals surface area contributed by atoms with Crippen LogP contribution in [0.25, 0.3) is 11.3 Å². The predicted octanol–water partition coefficient (Wildman–Crippen LogP) is 4.38. The molecule has 5 rings (SSSR count). The zero-order valence-electron chi connectivity index (χ0n) is 18.4. The first-order valence-corrected chi connectivity index (χ1v) is 11.6. The quantitative estimate of drug-likeness (QED) is 0.761. The van der Waals surface area contributed by atoms with Crippen LogP contribution >= 0.6 is 0 Å². The van der Waals surface area contributed by atoms with Gasteiger partial charge < -0.3 is 19.8 Å². The van der Waals surface area contributed by atoms with Gasteiger partial charge in [-0.25, -0.2) is 9.78 Å². The van der Waals surface area contributed by atoms with Gasteiger partial charge in [0.2, 0.25) is 0 Å². The monoisotopic (exact) mass is 424 g/mol. The molecule has 1 aromatic heterocycles. The van der Waals surface area contributed by atoms with Gasteiger partial charge in [-0.15, -0.1) is 0 Å². The zero-order chi connectivity index (χ0) is 21.4. The Morgan fingerprint density at radius 3 is 2.68 bits per heavy atom. The molecule has 7 nitrogen and oxygen atoms in total. The lowest BCUT2D eigenvalue weighted by Crippen LogP contribution is -2.42. The van der Waals surface area contributed by atoms with Crippen molar-refractivity contribution in [3.05, 3.63) is 29.7 Å². The summed E-state index contributed by atoms with van der Waals surface area (Å²) >= 11 is 0. The van der Waals surface area contributed by atoms with Crippen LogP contribution in [0, 0.1) is 0 Å². The number of amides is 1. The molecule has 0 radical (unpaired) electrons. The number of aromatic amines is 1. The Bertz CT molecular complexity index is 946.